The number of aromatic nitrogens is 2. The van der Waals surface area contributed by atoms with Crippen molar-refractivity contribution in [3.05, 3.63) is 40.7 Å². The fourth-order valence-electron chi connectivity index (χ4n) is 2.70. The van der Waals surface area contributed by atoms with Crippen LogP contribution in [-0.2, 0) is 18.3 Å². The average molecular weight is 345 g/mol. The van der Waals surface area contributed by atoms with Crippen LogP contribution in [0.4, 0.5) is 5.69 Å². The van der Waals surface area contributed by atoms with E-state index in [1.54, 1.807) is 10.7 Å². The number of anilines is 1. The lowest BCUT2D eigenvalue weighted by atomic mass is 9.98. The van der Waals surface area contributed by atoms with Gasteiger partial charge in [-0.25, -0.2) is 4.79 Å². The summed E-state index contributed by atoms with van der Waals surface area (Å²) in [4.78, 5) is 23.9. The highest BCUT2D eigenvalue weighted by Crippen LogP contribution is 2.24. The maximum Gasteiger partial charge on any atom is 0.337 e. The van der Waals surface area contributed by atoms with Gasteiger partial charge in [-0.05, 0) is 44.0 Å². The number of rotatable bonds is 6. The van der Waals surface area contributed by atoms with Crippen LogP contribution in [0.2, 0.25) is 0 Å². The second kappa shape index (κ2) is 7.38. The highest BCUT2D eigenvalue weighted by Gasteiger charge is 2.21. The summed E-state index contributed by atoms with van der Waals surface area (Å²) < 4.78 is 6.83. The molecular formula is C18H23N3O4. The summed E-state index contributed by atoms with van der Waals surface area (Å²) in [5.74, 6) is -1.27. The summed E-state index contributed by atoms with van der Waals surface area (Å²) in [6.07, 6.45) is 0.538. The van der Waals surface area contributed by atoms with E-state index in [0.29, 0.717) is 12.2 Å². The summed E-state index contributed by atoms with van der Waals surface area (Å²) >= 11 is 0. The molecule has 1 aromatic heterocycles. The molecule has 2 N–H and O–H groups in total. The number of amides is 1. The number of carboxylic acid groups (broad SMARTS) is 1. The Hall–Kier alpha value is -2.83. The second-order valence-corrected chi connectivity index (χ2v) is 6.08. The number of carboxylic acids is 1. The normalized spacial score (nSPS) is 11.9. The molecule has 1 atom stereocenters. The van der Waals surface area contributed by atoms with Gasteiger partial charge in [0.05, 0.1) is 24.1 Å². The Morgan fingerprint density at radius 2 is 2.04 bits per heavy atom. The number of carbonyl (C=O) groups is 2. The maximum atomic E-state index is 12.5. The molecule has 7 heteroatoms. The van der Waals surface area contributed by atoms with Crippen LogP contribution in [0.25, 0.3) is 0 Å². The third-order valence-corrected chi connectivity index (χ3v) is 4.33. The molecule has 0 bridgehead atoms. The third-order valence-electron chi connectivity index (χ3n) is 4.33. The van der Waals surface area contributed by atoms with Crippen molar-refractivity contribution >= 4 is 17.6 Å². The number of hydrogen-bond acceptors (Lipinski definition) is 4. The lowest BCUT2D eigenvalue weighted by molar-refractivity contribution is -0.119. The van der Waals surface area contributed by atoms with Gasteiger partial charge >= 0.3 is 5.97 Å². The minimum absolute atomic E-state index is 0.00589. The number of benzene rings is 1. The van der Waals surface area contributed by atoms with E-state index in [-0.39, 0.29) is 23.1 Å². The Bertz CT molecular complexity index is 811. The zero-order valence-corrected chi connectivity index (χ0v) is 15.1. The monoisotopic (exact) mass is 345 g/mol. The first-order valence-electron chi connectivity index (χ1n) is 7.95. The second-order valence-electron chi connectivity index (χ2n) is 6.08. The van der Waals surface area contributed by atoms with Crippen LogP contribution in [0, 0.1) is 19.8 Å². The van der Waals surface area contributed by atoms with E-state index in [9.17, 15) is 14.7 Å². The molecule has 0 aliphatic carbocycles. The summed E-state index contributed by atoms with van der Waals surface area (Å²) in [5.41, 5.74) is 3.21. The number of hydrogen-bond donors (Lipinski definition) is 2. The molecular weight excluding hydrogens is 322 g/mol. The minimum atomic E-state index is -1.12. The SMILES string of the molecule is COc1ccc(NC(=O)C(C)Cc2c(C)nn(C)c2C)c(C(=O)O)c1. The van der Waals surface area contributed by atoms with E-state index in [0.717, 1.165) is 17.0 Å². The molecule has 0 saturated carbocycles. The number of aromatic carboxylic acids is 1. The maximum absolute atomic E-state index is 12.5. The van der Waals surface area contributed by atoms with E-state index in [1.165, 1.54) is 19.2 Å². The number of nitrogens with one attached hydrogen (secondary N) is 1. The van der Waals surface area contributed by atoms with Gasteiger partial charge in [-0.3, -0.25) is 9.48 Å². The number of methoxy groups -OCH3 is 1. The molecule has 0 aliphatic rings. The quantitative estimate of drug-likeness (QED) is 0.839. The standard InChI is InChI=1S/C18H23N3O4/c1-10(8-14-11(2)20-21(4)12(14)3)17(22)19-16-7-6-13(25-5)9-15(16)18(23)24/h6-7,9-10H,8H2,1-5H3,(H,19,22)(H,23,24). The van der Waals surface area contributed by atoms with Gasteiger partial charge in [0.15, 0.2) is 0 Å². The van der Waals surface area contributed by atoms with Crippen LogP contribution in [0.5, 0.6) is 5.75 Å². The van der Waals surface area contributed by atoms with E-state index in [2.05, 4.69) is 10.4 Å². The number of aryl methyl sites for hydroxylation is 2. The van der Waals surface area contributed by atoms with Crippen LogP contribution < -0.4 is 10.1 Å². The number of nitrogens with zero attached hydrogens (tertiary/aromatic N) is 2. The molecule has 2 aromatic rings. The molecule has 7 nitrogen and oxygen atoms in total. The fourth-order valence-corrected chi connectivity index (χ4v) is 2.70. The predicted octanol–water partition coefficient (Wildman–Crippen LogP) is 2.56. The zero-order chi connectivity index (χ0) is 18.7. The summed E-state index contributed by atoms with van der Waals surface area (Å²) in [5, 5.41) is 16.4. The van der Waals surface area contributed by atoms with Gasteiger partial charge < -0.3 is 15.2 Å². The van der Waals surface area contributed by atoms with Crippen LogP contribution in [-0.4, -0.2) is 33.9 Å². The minimum Gasteiger partial charge on any atom is -0.497 e. The highest BCUT2D eigenvalue weighted by atomic mass is 16.5. The van der Waals surface area contributed by atoms with Gasteiger partial charge in [-0.1, -0.05) is 6.92 Å². The Morgan fingerprint density at radius 3 is 2.56 bits per heavy atom. The van der Waals surface area contributed by atoms with Gasteiger partial charge in [0, 0.05) is 18.7 Å². The van der Waals surface area contributed by atoms with Crippen molar-refractivity contribution < 1.29 is 19.4 Å². The molecule has 0 radical (unpaired) electrons. The van der Waals surface area contributed by atoms with E-state index < -0.39 is 5.97 Å². The molecule has 25 heavy (non-hydrogen) atoms. The van der Waals surface area contributed by atoms with E-state index in [1.807, 2.05) is 27.8 Å². The first-order chi connectivity index (χ1) is 11.7. The van der Waals surface area contributed by atoms with Crippen molar-refractivity contribution in [2.45, 2.75) is 27.2 Å². The molecule has 1 aromatic carbocycles. The highest BCUT2D eigenvalue weighted by molar-refractivity contribution is 6.01. The Morgan fingerprint density at radius 1 is 1.36 bits per heavy atom. The molecule has 0 saturated heterocycles. The van der Waals surface area contributed by atoms with Crippen molar-refractivity contribution in [1.82, 2.24) is 9.78 Å². The van der Waals surface area contributed by atoms with Gasteiger partial charge in [0.25, 0.3) is 0 Å². The number of carbonyl (C=O) groups excluding carboxylic acids is 1. The number of ether oxygens (including phenoxy) is 1. The lowest BCUT2D eigenvalue weighted by Gasteiger charge is -2.14. The van der Waals surface area contributed by atoms with E-state index >= 15 is 0 Å². The molecule has 0 fully saturated rings. The molecule has 2 rings (SSSR count). The predicted molar refractivity (Wildman–Crippen MR) is 94.1 cm³/mol. The summed E-state index contributed by atoms with van der Waals surface area (Å²) in [7, 11) is 3.33. The first-order valence-corrected chi connectivity index (χ1v) is 7.95. The van der Waals surface area contributed by atoms with E-state index in [4.69, 9.17) is 4.74 Å². The Labute approximate surface area is 146 Å². The largest absolute Gasteiger partial charge is 0.497 e. The van der Waals surface area contributed by atoms with Crippen molar-refractivity contribution in [2.24, 2.45) is 13.0 Å². The molecule has 0 spiro atoms. The van der Waals surface area contributed by atoms with Crippen molar-refractivity contribution in [3.8, 4) is 5.75 Å². The fraction of sp³-hybridized carbons (Fsp3) is 0.389. The molecule has 1 amide bonds. The smallest absolute Gasteiger partial charge is 0.337 e. The van der Waals surface area contributed by atoms with Crippen LogP contribution in [0.3, 0.4) is 0 Å². The van der Waals surface area contributed by atoms with Crippen molar-refractivity contribution in [2.75, 3.05) is 12.4 Å². The summed E-state index contributed by atoms with van der Waals surface area (Å²) in [6, 6.07) is 4.54. The Balaban J connectivity index is 2.17. The van der Waals surface area contributed by atoms with Crippen LogP contribution in [0.15, 0.2) is 18.2 Å². The zero-order valence-electron chi connectivity index (χ0n) is 15.1. The third kappa shape index (κ3) is 3.99. The van der Waals surface area contributed by atoms with Crippen molar-refractivity contribution in [3.63, 3.8) is 0 Å². The van der Waals surface area contributed by atoms with Gasteiger partial charge in [-0.2, -0.15) is 5.10 Å². The van der Waals surface area contributed by atoms with Crippen LogP contribution >= 0.6 is 0 Å². The average Bonchev–Trinajstić information content (AvgIpc) is 2.81. The molecule has 1 unspecified atom stereocenters. The van der Waals surface area contributed by atoms with Gasteiger partial charge in [0.2, 0.25) is 5.91 Å². The van der Waals surface area contributed by atoms with Crippen molar-refractivity contribution in [1.29, 1.82) is 0 Å². The first kappa shape index (κ1) is 18.5. The molecule has 1 heterocycles. The molecule has 134 valence electrons. The topological polar surface area (TPSA) is 93.5 Å². The van der Waals surface area contributed by atoms with Gasteiger partial charge in [0.1, 0.15) is 5.75 Å². The summed E-state index contributed by atoms with van der Waals surface area (Å²) in [6.45, 7) is 5.69. The molecule has 0 aliphatic heterocycles. The Kier molecular flexibility index (Phi) is 5.46. The van der Waals surface area contributed by atoms with Crippen LogP contribution in [0.1, 0.15) is 34.2 Å². The lowest BCUT2D eigenvalue weighted by Crippen LogP contribution is -2.23. The van der Waals surface area contributed by atoms with Gasteiger partial charge in [-0.15, -0.1) is 0 Å².